The van der Waals surface area contributed by atoms with Gasteiger partial charge < -0.3 is 16.8 Å². The van der Waals surface area contributed by atoms with E-state index in [1.165, 1.54) is 6.20 Å². The highest BCUT2D eigenvalue weighted by molar-refractivity contribution is 9.10. The van der Waals surface area contributed by atoms with Crippen LogP contribution in [-0.4, -0.2) is 17.4 Å². The van der Waals surface area contributed by atoms with Crippen LogP contribution in [-0.2, 0) is 4.79 Å². The number of primary amides is 1. The summed E-state index contributed by atoms with van der Waals surface area (Å²) in [4.78, 5) is 14.3. The second-order valence-corrected chi connectivity index (χ2v) is 3.26. The molecule has 13 heavy (non-hydrogen) atoms. The number of carbonyl (C=O) groups is 1. The number of nitrogens with zero attached hydrogens (tertiary/aromatic N) is 1. The zero-order valence-corrected chi connectivity index (χ0v) is 8.34. The molecule has 1 amide bonds. The number of nitrogens with two attached hydrogens (primary N) is 2. The van der Waals surface area contributed by atoms with Crippen molar-refractivity contribution in [3.05, 3.63) is 16.9 Å². The summed E-state index contributed by atoms with van der Waals surface area (Å²) in [6.45, 7) is 0.0484. The molecule has 0 saturated heterocycles. The minimum absolute atomic E-state index is 0.0484. The van der Waals surface area contributed by atoms with E-state index in [9.17, 15) is 4.79 Å². The molecule has 1 aromatic rings. The monoisotopic (exact) mass is 244 g/mol. The van der Waals surface area contributed by atoms with Crippen molar-refractivity contribution >= 4 is 33.2 Å². The van der Waals surface area contributed by atoms with Crippen LogP contribution in [0.5, 0.6) is 0 Å². The Morgan fingerprint density at radius 1 is 1.62 bits per heavy atom. The van der Waals surface area contributed by atoms with Gasteiger partial charge in [-0.15, -0.1) is 0 Å². The number of anilines is 2. The highest BCUT2D eigenvalue weighted by Gasteiger charge is 2.04. The van der Waals surface area contributed by atoms with Crippen LogP contribution in [0.25, 0.3) is 0 Å². The predicted molar refractivity (Wildman–Crippen MR) is 54.0 cm³/mol. The van der Waals surface area contributed by atoms with Crippen molar-refractivity contribution in [1.82, 2.24) is 4.98 Å². The standard InChI is InChI=1S/C7H9BrN4O/c8-4-1-11-2-5(9)7(4)12-3-6(10)13/h1-2H,3,9H2,(H2,10,13)(H,11,12). The summed E-state index contributed by atoms with van der Waals surface area (Å²) < 4.78 is 0.703. The number of halogens is 1. The quantitative estimate of drug-likeness (QED) is 0.714. The number of hydrogen-bond acceptors (Lipinski definition) is 4. The second-order valence-electron chi connectivity index (χ2n) is 2.41. The largest absolute Gasteiger partial charge is 0.396 e. The molecule has 0 atom stereocenters. The van der Waals surface area contributed by atoms with Crippen LogP contribution < -0.4 is 16.8 Å². The van der Waals surface area contributed by atoms with Crippen LogP contribution in [0.3, 0.4) is 0 Å². The van der Waals surface area contributed by atoms with E-state index in [1.807, 2.05) is 0 Å². The van der Waals surface area contributed by atoms with Gasteiger partial charge in [-0.25, -0.2) is 0 Å². The maximum atomic E-state index is 10.5. The Balaban J connectivity index is 2.81. The summed E-state index contributed by atoms with van der Waals surface area (Å²) in [5.74, 6) is -0.442. The van der Waals surface area contributed by atoms with Crippen molar-refractivity contribution in [2.75, 3.05) is 17.6 Å². The van der Waals surface area contributed by atoms with Crippen LogP contribution in [0, 0.1) is 0 Å². The van der Waals surface area contributed by atoms with Gasteiger partial charge in [-0.05, 0) is 15.9 Å². The van der Waals surface area contributed by atoms with E-state index in [2.05, 4.69) is 26.2 Å². The van der Waals surface area contributed by atoms with Crippen LogP contribution in [0.15, 0.2) is 16.9 Å². The third-order valence-corrected chi connectivity index (χ3v) is 1.97. The van der Waals surface area contributed by atoms with E-state index in [1.54, 1.807) is 6.20 Å². The number of pyridine rings is 1. The average Bonchev–Trinajstić information content (AvgIpc) is 2.03. The normalized spacial score (nSPS) is 9.62. The van der Waals surface area contributed by atoms with E-state index in [-0.39, 0.29) is 6.54 Å². The molecule has 1 rings (SSSR count). The highest BCUT2D eigenvalue weighted by atomic mass is 79.9. The molecule has 0 aromatic carbocycles. The van der Waals surface area contributed by atoms with E-state index in [4.69, 9.17) is 11.5 Å². The Hall–Kier alpha value is -1.30. The lowest BCUT2D eigenvalue weighted by atomic mass is 10.3. The van der Waals surface area contributed by atoms with Crippen molar-refractivity contribution in [3.63, 3.8) is 0 Å². The first kappa shape index (κ1) is 9.79. The van der Waals surface area contributed by atoms with Crippen molar-refractivity contribution in [1.29, 1.82) is 0 Å². The molecule has 0 fully saturated rings. The van der Waals surface area contributed by atoms with Gasteiger partial charge >= 0.3 is 0 Å². The Kier molecular flexibility index (Phi) is 3.07. The fourth-order valence-electron chi connectivity index (χ4n) is 0.812. The lowest BCUT2D eigenvalue weighted by molar-refractivity contribution is -0.116. The first-order valence-corrected chi connectivity index (χ1v) is 4.31. The summed E-state index contributed by atoms with van der Waals surface area (Å²) >= 11 is 3.24. The number of rotatable bonds is 3. The predicted octanol–water partition coefficient (Wildman–Crippen LogP) is 0.323. The van der Waals surface area contributed by atoms with Gasteiger partial charge in [-0.1, -0.05) is 0 Å². The molecule has 0 saturated carbocycles. The first-order chi connectivity index (χ1) is 6.11. The van der Waals surface area contributed by atoms with Crippen LogP contribution >= 0.6 is 15.9 Å². The maximum Gasteiger partial charge on any atom is 0.236 e. The van der Waals surface area contributed by atoms with Gasteiger partial charge in [0.15, 0.2) is 0 Å². The van der Waals surface area contributed by atoms with E-state index < -0.39 is 5.91 Å². The molecule has 0 aliphatic heterocycles. The van der Waals surface area contributed by atoms with Crippen molar-refractivity contribution < 1.29 is 4.79 Å². The summed E-state index contributed by atoms with van der Waals surface area (Å²) in [6.07, 6.45) is 3.08. The summed E-state index contributed by atoms with van der Waals surface area (Å²) in [6, 6.07) is 0. The van der Waals surface area contributed by atoms with E-state index >= 15 is 0 Å². The Morgan fingerprint density at radius 2 is 2.31 bits per heavy atom. The molecule has 0 aliphatic rings. The molecule has 1 heterocycles. The van der Waals surface area contributed by atoms with Crippen LogP contribution in [0.2, 0.25) is 0 Å². The molecule has 0 unspecified atom stereocenters. The number of hydrogen-bond donors (Lipinski definition) is 3. The topological polar surface area (TPSA) is 94.0 Å². The van der Waals surface area contributed by atoms with Gasteiger partial charge in [-0.3, -0.25) is 9.78 Å². The molecule has 5 N–H and O–H groups in total. The number of carbonyl (C=O) groups excluding carboxylic acids is 1. The molecule has 1 aromatic heterocycles. The number of amides is 1. The fraction of sp³-hybridized carbons (Fsp3) is 0.143. The molecule has 0 spiro atoms. The van der Waals surface area contributed by atoms with Gasteiger partial charge in [0.05, 0.1) is 28.6 Å². The summed E-state index contributed by atoms with van der Waals surface area (Å²) in [5, 5.41) is 2.79. The molecule has 5 nitrogen and oxygen atoms in total. The van der Waals surface area contributed by atoms with Crippen molar-refractivity contribution in [3.8, 4) is 0 Å². The minimum atomic E-state index is -0.442. The second kappa shape index (κ2) is 4.08. The lowest BCUT2D eigenvalue weighted by Crippen LogP contribution is -2.22. The molecular formula is C7H9BrN4O. The molecule has 70 valence electrons. The Bertz CT molecular complexity index is 308. The van der Waals surface area contributed by atoms with E-state index in [0.29, 0.717) is 15.8 Å². The fourth-order valence-corrected chi connectivity index (χ4v) is 1.30. The van der Waals surface area contributed by atoms with Gasteiger partial charge in [0.25, 0.3) is 0 Å². The van der Waals surface area contributed by atoms with Crippen molar-refractivity contribution in [2.24, 2.45) is 5.73 Å². The third-order valence-electron chi connectivity index (χ3n) is 1.37. The zero-order chi connectivity index (χ0) is 9.84. The molecule has 0 aliphatic carbocycles. The minimum Gasteiger partial charge on any atom is -0.396 e. The van der Waals surface area contributed by atoms with Crippen LogP contribution in [0.4, 0.5) is 11.4 Å². The number of nitrogens with one attached hydrogen (secondary N) is 1. The Morgan fingerprint density at radius 3 is 2.85 bits per heavy atom. The lowest BCUT2D eigenvalue weighted by Gasteiger charge is -2.08. The van der Waals surface area contributed by atoms with Crippen molar-refractivity contribution in [2.45, 2.75) is 0 Å². The van der Waals surface area contributed by atoms with Gasteiger partial charge in [0.2, 0.25) is 5.91 Å². The zero-order valence-electron chi connectivity index (χ0n) is 6.75. The van der Waals surface area contributed by atoms with E-state index in [0.717, 1.165) is 0 Å². The molecular weight excluding hydrogens is 236 g/mol. The molecule has 0 radical (unpaired) electrons. The molecule has 6 heteroatoms. The molecule has 0 bridgehead atoms. The first-order valence-electron chi connectivity index (χ1n) is 3.52. The number of nitrogen functional groups attached to an aromatic ring is 1. The Labute approximate surface area is 83.6 Å². The van der Waals surface area contributed by atoms with Gasteiger partial charge in [-0.2, -0.15) is 0 Å². The average molecular weight is 245 g/mol. The van der Waals surface area contributed by atoms with Crippen LogP contribution in [0.1, 0.15) is 0 Å². The SMILES string of the molecule is NC(=O)CNc1c(N)cncc1Br. The summed E-state index contributed by atoms with van der Waals surface area (Å²) in [7, 11) is 0. The highest BCUT2D eigenvalue weighted by Crippen LogP contribution is 2.26. The maximum absolute atomic E-state index is 10.5. The van der Waals surface area contributed by atoms with Gasteiger partial charge in [0.1, 0.15) is 0 Å². The third kappa shape index (κ3) is 2.59. The van der Waals surface area contributed by atoms with Gasteiger partial charge in [0, 0.05) is 6.20 Å². The summed E-state index contributed by atoms with van der Waals surface area (Å²) in [5.41, 5.74) is 11.7. The number of aromatic nitrogens is 1. The smallest absolute Gasteiger partial charge is 0.236 e.